The number of ether oxygens (including phenoxy) is 2. The van der Waals surface area contributed by atoms with E-state index in [-0.39, 0.29) is 34.7 Å². The number of carboxylic acids is 1. The zero-order valence-corrected chi connectivity index (χ0v) is 21.4. The van der Waals surface area contributed by atoms with E-state index >= 15 is 0 Å². The molecule has 0 bridgehead atoms. The van der Waals surface area contributed by atoms with E-state index in [9.17, 15) is 22.8 Å². The van der Waals surface area contributed by atoms with Crippen molar-refractivity contribution >= 4 is 34.4 Å². The van der Waals surface area contributed by atoms with Crippen molar-refractivity contribution in [2.75, 3.05) is 26.3 Å². The fourth-order valence-electron chi connectivity index (χ4n) is 4.52. The Morgan fingerprint density at radius 2 is 1.89 bits per heavy atom. The van der Waals surface area contributed by atoms with Crippen LogP contribution in [0.4, 0.5) is 13.2 Å². The molecule has 2 aromatic carbocycles. The quantitative estimate of drug-likeness (QED) is 0.357. The van der Waals surface area contributed by atoms with Gasteiger partial charge in [-0.05, 0) is 49.1 Å². The number of carbonyl (C=O) groups is 2. The number of hydrogen-bond acceptors (Lipinski definition) is 5. The molecule has 1 aliphatic rings. The van der Waals surface area contributed by atoms with Crippen molar-refractivity contribution in [2.24, 2.45) is 0 Å². The van der Waals surface area contributed by atoms with Crippen molar-refractivity contribution in [1.82, 2.24) is 9.88 Å². The van der Waals surface area contributed by atoms with Crippen LogP contribution in [0, 0.1) is 5.82 Å². The minimum absolute atomic E-state index is 0.0453. The van der Waals surface area contributed by atoms with Gasteiger partial charge in [0.15, 0.2) is 6.61 Å². The monoisotopic (exact) mass is 550 g/mol. The van der Waals surface area contributed by atoms with Crippen molar-refractivity contribution in [3.05, 3.63) is 63.6 Å². The van der Waals surface area contributed by atoms with E-state index in [0.717, 1.165) is 18.9 Å². The highest BCUT2D eigenvalue weighted by Crippen LogP contribution is 2.40. The number of carbonyl (C=O) groups excluding carboxylic acids is 1. The molecule has 0 aliphatic carbocycles. The SMILES string of the molecule is CCc1nc2c(F)ccc(OCC(=O)O)c2c(OCC(F)F)c1Cc1ccc(C(=O)N2CCCC2)cc1Cl. The van der Waals surface area contributed by atoms with Crippen molar-refractivity contribution in [1.29, 1.82) is 0 Å². The molecule has 0 saturated carbocycles. The number of halogens is 4. The van der Waals surface area contributed by atoms with E-state index in [4.69, 9.17) is 26.2 Å². The van der Waals surface area contributed by atoms with Gasteiger partial charge in [-0.1, -0.05) is 24.6 Å². The molecule has 1 aromatic heterocycles. The van der Waals surface area contributed by atoms with Gasteiger partial charge in [0.25, 0.3) is 12.3 Å². The number of rotatable bonds is 10. The van der Waals surface area contributed by atoms with Gasteiger partial charge in [-0.2, -0.15) is 0 Å². The Balaban J connectivity index is 1.82. The predicted octanol–water partition coefficient (Wildman–Crippen LogP) is 5.52. The summed E-state index contributed by atoms with van der Waals surface area (Å²) in [6.45, 7) is 1.43. The summed E-state index contributed by atoms with van der Waals surface area (Å²) in [7, 11) is 0. The van der Waals surface area contributed by atoms with Gasteiger partial charge in [0.05, 0.1) is 5.39 Å². The van der Waals surface area contributed by atoms with Crippen LogP contribution in [0.25, 0.3) is 10.9 Å². The van der Waals surface area contributed by atoms with Crippen LogP contribution in [0.2, 0.25) is 5.02 Å². The molecule has 1 amide bonds. The molecule has 2 heterocycles. The number of nitrogens with zero attached hydrogens (tertiary/aromatic N) is 2. The molecule has 3 aromatic rings. The minimum Gasteiger partial charge on any atom is -0.486 e. The Bertz CT molecular complexity index is 1360. The van der Waals surface area contributed by atoms with Crippen LogP contribution >= 0.6 is 11.6 Å². The van der Waals surface area contributed by atoms with Crippen LogP contribution in [0.5, 0.6) is 11.5 Å². The summed E-state index contributed by atoms with van der Waals surface area (Å²) >= 11 is 6.56. The summed E-state index contributed by atoms with van der Waals surface area (Å²) in [6, 6.07) is 7.18. The third kappa shape index (κ3) is 5.96. The highest BCUT2D eigenvalue weighted by Gasteiger charge is 2.25. The summed E-state index contributed by atoms with van der Waals surface area (Å²) in [5, 5.41) is 9.30. The maximum atomic E-state index is 14.8. The number of likely N-dealkylation sites (tertiary alicyclic amines) is 1. The zero-order chi connectivity index (χ0) is 27.4. The normalized spacial score (nSPS) is 13.4. The van der Waals surface area contributed by atoms with E-state index in [1.165, 1.54) is 6.07 Å². The number of hydrogen-bond donors (Lipinski definition) is 1. The molecule has 1 aliphatic heterocycles. The van der Waals surface area contributed by atoms with Crippen LogP contribution in [-0.2, 0) is 17.6 Å². The van der Waals surface area contributed by atoms with Crippen molar-refractivity contribution in [3.8, 4) is 11.5 Å². The molecule has 7 nitrogen and oxygen atoms in total. The number of aryl methyl sites for hydroxylation is 1. The molecule has 0 atom stereocenters. The van der Waals surface area contributed by atoms with E-state index in [2.05, 4.69) is 4.98 Å². The molecule has 4 rings (SSSR count). The minimum atomic E-state index is -2.83. The summed E-state index contributed by atoms with van der Waals surface area (Å²) in [6.07, 6.45) is -0.526. The number of amides is 1. The first kappa shape index (κ1) is 27.5. The first-order chi connectivity index (χ1) is 18.2. The summed E-state index contributed by atoms with van der Waals surface area (Å²) in [5.74, 6) is -2.28. The smallest absolute Gasteiger partial charge is 0.341 e. The first-order valence-corrected chi connectivity index (χ1v) is 12.5. The highest BCUT2D eigenvalue weighted by molar-refractivity contribution is 6.31. The Kier molecular flexibility index (Phi) is 8.61. The number of benzene rings is 2. The van der Waals surface area contributed by atoms with Crippen LogP contribution in [0.1, 0.15) is 46.9 Å². The molecule has 0 unspecified atom stereocenters. The van der Waals surface area contributed by atoms with Crippen LogP contribution in [0.15, 0.2) is 30.3 Å². The number of aliphatic carboxylic acids is 1. The maximum absolute atomic E-state index is 14.8. The fourth-order valence-corrected chi connectivity index (χ4v) is 4.76. The lowest BCUT2D eigenvalue weighted by Gasteiger charge is -2.20. The molecule has 0 radical (unpaired) electrons. The van der Waals surface area contributed by atoms with E-state index in [1.54, 1.807) is 30.0 Å². The van der Waals surface area contributed by atoms with Gasteiger partial charge in [0, 0.05) is 41.4 Å². The average molecular weight is 551 g/mol. The Morgan fingerprint density at radius 1 is 1.16 bits per heavy atom. The van der Waals surface area contributed by atoms with Crippen molar-refractivity contribution in [2.45, 2.75) is 39.0 Å². The summed E-state index contributed by atoms with van der Waals surface area (Å²) in [4.78, 5) is 30.0. The van der Waals surface area contributed by atoms with E-state index in [0.29, 0.717) is 46.9 Å². The lowest BCUT2D eigenvalue weighted by Crippen LogP contribution is -2.27. The third-order valence-corrected chi connectivity index (χ3v) is 6.64. The van der Waals surface area contributed by atoms with Gasteiger partial charge < -0.3 is 19.5 Å². The highest BCUT2D eigenvalue weighted by atomic mass is 35.5. The molecular formula is C27H26ClF3N2O5. The molecule has 38 heavy (non-hydrogen) atoms. The van der Waals surface area contributed by atoms with Gasteiger partial charge in [-0.3, -0.25) is 4.79 Å². The lowest BCUT2D eigenvalue weighted by atomic mass is 9.97. The summed E-state index contributed by atoms with van der Waals surface area (Å²) < 4.78 is 52.1. The molecule has 1 fully saturated rings. The molecule has 1 N–H and O–H groups in total. The Morgan fingerprint density at radius 3 is 2.53 bits per heavy atom. The first-order valence-electron chi connectivity index (χ1n) is 12.2. The third-order valence-electron chi connectivity index (χ3n) is 6.29. The standard InChI is InChI=1S/C27H26ClF3N2O5/c1-2-20-17(11-15-5-6-16(12-18(15)28)27(36)33-9-3-4-10-33)26(38-13-22(30)31)24-21(37-14-23(34)35)8-7-19(29)25(24)32-20/h5-8,12,22H,2-4,9-11,13-14H2,1H3,(H,34,35). The van der Waals surface area contributed by atoms with Gasteiger partial charge in [-0.25, -0.2) is 22.9 Å². The van der Waals surface area contributed by atoms with E-state index in [1.807, 2.05) is 0 Å². The number of alkyl halides is 2. The molecular weight excluding hydrogens is 525 g/mol. The van der Waals surface area contributed by atoms with Crippen molar-refractivity contribution in [3.63, 3.8) is 0 Å². The van der Waals surface area contributed by atoms with Crippen LogP contribution < -0.4 is 9.47 Å². The fraction of sp³-hybridized carbons (Fsp3) is 0.370. The molecule has 0 spiro atoms. The number of aromatic nitrogens is 1. The average Bonchev–Trinajstić information content (AvgIpc) is 3.43. The number of fused-ring (bicyclic) bond motifs is 1. The summed E-state index contributed by atoms with van der Waals surface area (Å²) in [5.41, 5.74) is 1.60. The second-order valence-corrected chi connectivity index (χ2v) is 9.26. The second-order valence-electron chi connectivity index (χ2n) is 8.86. The van der Waals surface area contributed by atoms with Crippen LogP contribution in [0.3, 0.4) is 0 Å². The molecule has 202 valence electrons. The second kappa shape index (κ2) is 11.9. The van der Waals surface area contributed by atoms with Crippen molar-refractivity contribution < 1.29 is 37.3 Å². The largest absolute Gasteiger partial charge is 0.486 e. The van der Waals surface area contributed by atoms with Gasteiger partial charge >= 0.3 is 5.97 Å². The van der Waals surface area contributed by atoms with Gasteiger partial charge in [0.2, 0.25) is 0 Å². The Hall–Kier alpha value is -3.53. The van der Waals surface area contributed by atoms with E-state index < -0.39 is 31.4 Å². The topological polar surface area (TPSA) is 89.0 Å². The number of pyridine rings is 1. The maximum Gasteiger partial charge on any atom is 0.341 e. The zero-order valence-electron chi connectivity index (χ0n) is 20.6. The molecule has 11 heteroatoms. The Labute approximate surface area is 222 Å². The van der Waals surface area contributed by atoms with Crippen LogP contribution in [-0.4, -0.2) is 59.6 Å². The lowest BCUT2D eigenvalue weighted by molar-refractivity contribution is -0.139. The van der Waals surface area contributed by atoms with Gasteiger partial charge in [-0.15, -0.1) is 0 Å². The van der Waals surface area contributed by atoms with Gasteiger partial charge in [0.1, 0.15) is 29.4 Å². The molecule has 1 saturated heterocycles. The number of carboxylic acid groups (broad SMARTS) is 1. The predicted molar refractivity (Wildman–Crippen MR) is 135 cm³/mol.